The number of rotatable bonds is 13. The number of methoxy groups -OCH3 is 1. The second kappa shape index (κ2) is 14.4. The molecule has 0 saturated carbocycles. The molecule has 0 bridgehead atoms. The number of benzene rings is 3. The fourth-order valence-electron chi connectivity index (χ4n) is 4.35. The minimum Gasteiger partial charge on any atom is -0.497 e. The Kier molecular flexibility index (Phi) is 11.2. The molecule has 0 fully saturated rings. The Labute approximate surface area is 248 Å². The first-order valence-electron chi connectivity index (χ1n) is 13.5. The highest BCUT2D eigenvalue weighted by Crippen LogP contribution is 2.30. The first-order valence-corrected chi connectivity index (χ1v) is 15.3. The molecule has 1 atom stereocenters. The van der Waals surface area contributed by atoms with Gasteiger partial charge in [-0.05, 0) is 66.8 Å². The van der Waals surface area contributed by atoms with Gasteiger partial charge in [-0.1, -0.05) is 68.8 Å². The number of nitrogens with one attached hydrogen (secondary N) is 1. The van der Waals surface area contributed by atoms with Crippen molar-refractivity contribution in [3.05, 3.63) is 88.9 Å². The summed E-state index contributed by atoms with van der Waals surface area (Å²) in [5.41, 5.74) is 1.69. The summed E-state index contributed by atoms with van der Waals surface area (Å²) in [6, 6.07) is 19.2. The van der Waals surface area contributed by atoms with Gasteiger partial charge in [-0.25, -0.2) is 8.42 Å². The molecule has 220 valence electrons. The van der Waals surface area contributed by atoms with Gasteiger partial charge < -0.3 is 15.0 Å². The number of aryl methyl sites for hydroxylation is 1. The summed E-state index contributed by atoms with van der Waals surface area (Å²) >= 11 is 6.28. The van der Waals surface area contributed by atoms with Crippen molar-refractivity contribution in [2.75, 3.05) is 24.5 Å². The summed E-state index contributed by atoms with van der Waals surface area (Å²) in [4.78, 5) is 29.0. The van der Waals surface area contributed by atoms with E-state index in [1.165, 1.54) is 23.1 Å². The molecule has 0 saturated heterocycles. The fraction of sp³-hybridized carbons (Fsp3) is 0.355. The number of anilines is 1. The van der Waals surface area contributed by atoms with Crippen LogP contribution in [0.15, 0.2) is 77.7 Å². The predicted molar refractivity (Wildman–Crippen MR) is 163 cm³/mol. The molecular weight excluding hydrogens is 562 g/mol. The molecule has 0 aliphatic heterocycles. The van der Waals surface area contributed by atoms with E-state index in [0.29, 0.717) is 29.3 Å². The van der Waals surface area contributed by atoms with Crippen molar-refractivity contribution in [3.63, 3.8) is 0 Å². The van der Waals surface area contributed by atoms with E-state index in [1.54, 1.807) is 56.5 Å². The van der Waals surface area contributed by atoms with Crippen LogP contribution in [0.4, 0.5) is 5.69 Å². The number of sulfonamides is 1. The average Bonchev–Trinajstić information content (AvgIpc) is 2.96. The van der Waals surface area contributed by atoms with Crippen LogP contribution in [0.3, 0.4) is 0 Å². The molecule has 0 radical (unpaired) electrons. The van der Waals surface area contributed by atoms with E-state index in [0.717, 1.165) is 9.87 Å². The third kappa shape index (κ3) is 8.24. The maximum absolute atomic E-state index is 14.2. The Morgan fingerprint density at radius 2 is 1.66 bits per heavy atom. The highest BCUT2D eigenvalue weighted by atomic mass is 35.5. The second-order valence-corrected chi connectivity index (χ2v) is 12.5. The second-order valence-electron chi connectivity index (χ2n) is 10.2. The van der Waals surface area contributed by atoms with Gasteiger partial charge in [0.2, 0.25) is 11.8 Å². The largest absolute Gasteiger partial charge is 0.497 e. The van der Waals surface area contributed by atoms with Crippen molar-refractivity contribution in [1.29, 1.82) is 0 Å². The first-order chi connectivity index (χ1) is 19.5. The Morgan fingerprint density at radius 1 is 1.00 bits per heavy atom. The summed E-state index contributed by atoms with van der Waals surface area (Å²) in [5.74, 6) is 0.0649. The lowest BCUT2D eigenvalue weighted by Gasteiger charge is -2.33. The van der Waals surface area contributed by atoms with Gasteiger partial charge in [-0.3, -0.25) is 13.9 Å². The molecule has 3 rings (SSSR count). The smallest absolute Gasteiger partial charge is 0.264 e. The lowest BCUT2D eigenvalue weighted by Crippen LogP contribution is -2.52. The Hall–Kier alpha value is -3.56. The average molecular weight is 600 g/mol. The van der Waals surface area contributed by atoms with Crippen LogP contribution in [0.1, 0.15) is 38.3 Å². The minimum atomic E-state index is -4.17. The van der Waals surface area contributed by atoms with Crippen molar-refractivity contribution in [2.45, 2.75) is 51.6 Å². The predicted octanol–water partition coefficient (Wildman–Crippen LogP) is 5.43. The molecule has 3 aromatic carbocycles. The molecule has 1 unspecified atom stereocenters. The molecule has 0 aliphatic rings. The zero-order valence-electron chi connectivity index (χ0n) is 24.1. The number of carbonyl (C=O) groups excluding carboxylic acids is 2. The number of carbonyl (C=O) groups is 2. The lowest BCUT2D eigenvalue weighted by atomic mass is 10.1. The number of halogens is 1. The van der Waals surface area contributed by atoms with Crippen molar-refractivity contribution in [3.8, 4) is 5.75 Å². The molecule has 0 aliphatic carbocycles. The number of nitrogens with zero attached hydrogens (tertiary/aromatic N) is 2. The molecule has 0 aromatic heterocycles. The van der Waals surface area contributed by atoms with Crippen LogP contribution in [0.2, 0.25) is 5.02 Å². The Balaban J connectivity index is 2.07. The summed E-state index contributed by atoms with van der Waals surface area (Å²) < 4.78 is 34.2. The number of hydrogen-bond donors (Lipinski definition) is 1. The molecule has 2 amide bonds. The molecule has 8 nitrogen and oxygen atoms in total. The normalized spacial score (nSPS) is 12.1. The van der Waals surface area contributed by atoms with Gasteiger partial charge in [-0.15, -0.1) is 0 Å². The van der Waals surface area contributed by atoms with E-state index in [1.807, 2.05) is 32.9 Å². The van der Waals surface area contributed by atoms with Gasteiger partial charge in [0.25, 0.3) is 10.0 Å². The van der Waals surface area contributed by atoms with Crippen molar-refractivity contribution in [1.82, 2.24) is 10.2 Å². The van der Waals surface area contributed by atoms with E-state index in [4.69, 9.17) is 16.3 Å². The number of ether oxygens (including phenoxy) is 1. The monoisotopic (exact) mass is 599 g/mol. The molecule has 3 aromatic rings. The summed E-state index contributed by atoms with van der Waals surface area (Å²) in [6.45, 7) is 7.59. The van der Waals surface area contributed by atoms with E-state index in [-0.39, 0.29) is 29.0 Å². The summed E-state index contributed by atoms with van der Waals surface area (Å²) in [5, 5.41) is 3.26. The number of hydrogen-bond acceptors (Lipinski definition) is 5. The molecular formula is C31H38ClN3O5S. The minimum absolute atomic E-state index is 0.0376. The zero-order chi connectivity index (χ0) is 30.2. The van der Waals surface area contributed by atoms with Gasteiger partial charge >= 0.3 is 0 Å². The van der Waals surface area contributed by atoms with Crippen LogP contribution >= 0.6 is 11.6 Å². The molecule has 1 N–H and O–H groups in total. The quantitative estimate of drug-likeness (QED) is 0.283. The molecule has 0 heterocycles. The fourth-order valence-corrected chi connectivity index (χ4v) is 6.01. The third-order valence-electron chi connectivity index (χ3n) is 6.63. The summed E-state index contributed by atoms with van der Waals surface area (Å²) in [6.07, 6.45) is 0.341. The van der Waals surface area contributed by atoms with Gasteiger partial charge in [0.05, 0.1) is 17.7 Å². The van der Waals surface area contributed by atoms with Crippen LogP contribution in [0.5, 0.6) is 5.75 Å². The molecule has 41 heavy (non-hydrogen) atoms. The topological polar surface area (TPSA) is 96.0 Å². The highest BCUT2D eigenvalue weighted by molar-refractivity contribution is 7.92. The van der Waals surface area contributed by atoms with Crippen LogP contribution in [0, 0.1) is 12.8 Å². The summed E-state index contributed by atoms with van der Waals surface area (Å²) in [7, 11) is -2.60. The number of amides is 2. The van der Waals surface area contributed by atoms with Gasteiger partial charge in [-0.2, -0.15) is 0 Å². The molecule has 10 heteroatoms. The van der Waals surface area contributed by atoms with Crippen LogP contribution in [0.25, 0.3) is 0 Å². The Morgan fingerprint density at radius 3 is 2.24 bits per heavy atom. The zero-order valence-corrected chi connectivity index (χ0v) is 25.7. The molecule has 0 spiro atoms. The van der Waals surface area contributed by atoms with Crippen molar-refractivity contribution >= 4 is 39.1 Å². The van der Waals surface area contributed by atoms with Gasteiger partial charge in [0, 0.05) is 18.1 Å². The van der Waals surface area contributed by atoms with Crippen LogP contribution in [-0.4, -0.2) is 51.4 Å². The third-order valence-corrected chi connectivity index (χ3v) is 8.64. The standard InChI is InChI=1S/C31H38ClN3O5S/c1-6-28(31(37)33-19-22(2)3)34(20-24-13-16-26(40-5)17-14-24)30(36)21-35(29-18-25(32)15-12-23(29)4)41(38,39)27-10-8-7-9-11-27/h7-18,22,28H,6,19-21H2,1-5H3,(H,33,37). The van der Waals surface area contributed by atoms with E-state index in [2.05, 4.69) is 5.32 Å². The SMILES string of the molecule is CCC(C(=O)NCC(C)C)N(Cc1ccc(OC)cc1)C(=O)CN(c1cc(Cl)ccc1C)S(=O)(=O)c1ccccc1. The Bertz CT molecular complexity index is 1430. The van der Waals surface area contributed by atoms with Gasteiger partial charge in [0.15, 0.2) is 0 Å². The van der Waals surface area contributed by atoms with E-state index in [9.17, 15) is 18.0 Å². The van der Waals surface area contributed by atoms with Crippen molar-refractivity contribution < 1.29 is 22.7 Å². The maximum atomic E-state index is 14.2. The van der Waals surface area contributed by atoms with E-state index < -0.39 is 28.5 Å². The van der Waals surface area contributed by atoms with E-state index >= 15 is 0 Å². The highest BCUT2D eigenvalue weighted by Gasteiger charge is 2.34. The first kappa shape index (κ1) is 32.0. The maximum Gasteiger partial charge on any atom is 0.264 e. The van der Waals surface area contributed by atoms with Crippen LogP contribution in [-0.2, 0) is 26.2 Å². The lowest BCUT2D eigenvalue weighted by molar-refractivity contribution is -0.140. The van der Waals surface area contributed by atoms with Crippen LogP contribution < -0.4 is 14.4 Å². The van der Waals surface area contributed by atoms with Crippen molar-refractivity contribution in [2.24, 2.45) is 5.92 Å². The van der Waals surface area contributed by atoms with Gasteiger partial charge in [0.1, 0.15) is 18.3 Å².